The summed E-state index contributed by atoms with van der Waals surface area (Å²) in [4.78, 5) is 13.5. The number of aryl methyl sites for hydroxylation is 1. The highest BCUT2D eigenvalue weighted by molar-refractivity contribution is 7.89. The summed E-state index contributed by atoms with van der Waals surface area (Å²) >= 11 is 5.91. The molecule has 33 heavy (non-hydrogen) atoms. The van der Waals surface area contributed by atoms with Crippen LogP contribution in [0.3, 0.4) is 0 Å². The number of nitrogens with zero attached hydrogens (tertiary/aromatic N) is 1. The minimum Gasteiger partial charge on any atom is -0.345 e. The molecule has 0 aromatic heterocycles. The minimum absolute atomic E-state index is 0.138. The Labute approximate surface area is 200 Å². The summed E-state index contributed by atoms with van der Waals surface area (Å²) in [5.74, 6) is -0.557. The van der Waals surface area contributed by atoms with E-state index in [4.69, 9.17) is 11.6 Å². The molecule has 5 nitrogen and oxygen atoms in total. The number of carbonyl (C=O) groups is 1. The third-order valence-corrected chi connectivity index (χ3v) is 8.17. The van der Waals surface area contributed by atoms with Crippen molar-refractivity contribution in [2.45, 2.75) is 30.7 Å². The average molecular weight is 483 g/mol. The van der Waals surface area contributed by atoms with E-state index in [0.29, 0.717) is 24.4 Å². The standard InChI is InChI=1S/C26H27ClN2O3S/c1-19-9-11-21(12-10-19)25(20-6-3-2-4-7-20)28-26(30)22-8-5-17-29(18-22)33(31,32)24-15-13-23(27)14-16-24/h2-4,6-7,9-16,22,25H,5,8,17-18H2,1H3,(H,28,30)/t22-,25-/m0/s1. The van der Waals surface area contributed by atoms with Gasteiger partial charge in [0.05, 0.1) is 16.9 Å². The molecule has 7 heteroatoms. The summed E-state index contributed by atoms with van der Waals surface area (Å²) in [6, 6.07) is 23.7. The quantitative estimate of drug-likeness (QED) is 0.540. The van der Waals surface area contributed by atoms with Crippen LogP contribution in [0.25, 0.3) is 0 Å². The number of nitrogens with one attached hydrogen (secondary N) is 1. The molecule has 1 aliphatic heterocycles. The maximum Gasteiger partial charge on any atom is 0.243 e. The monoisotopic (exact) mass is 482 g/mol. The second-order valence-corrected chi connectivity index (χ2v) is 10.8. The Bertz CT molecular complexity index is 1200. The van der Waals surface area contributed by atoms with Crippen molar-refractivity contribution in [3.63, 3.8) is 0 Å². The molecule has 4 rings (SSSR count). The highest BCUT2D eigenvalue weighted by Gasteiger charge is 2.34. The van der Waals surface area contributed by atoms with E-state index in [1.54, 1.807) is 12.1 Å². The van der Waals surface area contributed by atoms with Gasteiger partial charge in [-0.15, -0.1) is 0 Å². The topological polar surface area (TPSA) is 66.5 Å². The fourth-order valence-corrected chi connectivity index (χ4v) is 5.80. The molecule has 0 radical (unpaired) electrons. The van der Waals surface area contributed by atoms with Gasteiger partial charge in [-0.25, -0.2) is 8.42 Å². The van der Waals surface area contributed by atoms with Gasteiger partial charge in [0.2, 0.25) is 15.9 Å². The zero-order chi connectivity index (χ0) is 23.4. The lowest BCUT2D eigenvalue weighted by atomic mass is 9.94. The Morgan fingerprint density at radius 2 is 1.61 bits per heavy atom. The molecule has 0 bridgehead atoms. The van der Waals surface area contributed by atoms with Crippen LogP contribution in [0, 0.1) is 12.8 Å². The summed E-state index contributed by atoms with van der Waals surface area (Å²) in [5, 5.41) is 3.66. The van der Waals surface area contributed by atoms with Crippen molar-refractivity contribution in [1.29, 1.82) is 0 Å². The predicted molar refractivity (Wildman–Crippen MR) is 131 cm³/mol. The highest BCUT2D eigenvalue weighted by atomic mass is 35.5. The lowest BCUT2D eigenvalue weighted by Crippen LogP contribution is -2.46. The van der Waals surface area contributed by atoms with Crippen LogP contribution in [-0.2, 0) is 14.8 Å². The van der Waals surface area contributed by atoms with Crippen molar-refractivity contribution in [3.05, 3.63) is 101 Å². The van der Waals surface area contributed by atoms with E-state index in [1.807, 2.05) is 61.5 Å². The fourth-order valence-electron chi connectivity index (χ4n) is 4.15. The van der Waals surface area contributed by atoms with Gasteiger partial charge in [0.1, 0.15) is 0 Å². The smallest absolute Gasteiger partial charge is 0.243 e. The van der Waals surface area contributed by atoms with Crippen molar-refractivity contribution in [3.8, 4) is 0 Å². The fraction of sp³-hybridized carbons (Fsp3) is 0.269. The van der Waals surface area contributed by atoms with Crippen LogP contribution < -0.4 is 5.32 Å². The van der Waals surface area contributed by atoms with E-state index in [-0.39, 0.29) is 23.4 Å². The van der Waals surface area contributed by atoms with Crippen molar-refractivity contribution < 1.29 is 13.2 Å². The van der Waals surface area contributed by atoms with E-state index in [9.17, 15) is 13.2 Å². The molecule has 0 spiro atoms. The van der Waals surface area contributed by atoms with Gasteiger partial charge < -0.3 is 5.32 Å². The molecule has 1 heterocycles. The van der Waals surface area contributed by atoms with Crippen LogP contribution >= 0.6 is 11.6 Å². The number of halogens is 1. The van der Waals surface area contributed by atoms with Gasteiger partial charge in [0.25, 0.3) is 0 Å². The van der Waals surface area contributed by atoms with Gasteiger partial charge in [-0.3, -0.25) is 4.79 Å². The van der Waals surface area contributed by atoms with Gasteiger partial charge in [0.15, 0.2) is 0 Å². The largest absolute Gasteiger partial charge is 0.345 e. The van der Waals surface area contributed by atoms with Crippen molar-refractivity contribution in [1.82, 2.24) is 9.62 Å². The van der Waals surface area contributed by atoms with Crippen LogP contribution in [0.5, 0.6) is 0 Å². The highest BCUT2D eigenvalue weighted by Crippen LogP contribution is 2.27. The van der Waals surface area contributed by atoms with E-state index in [0.717, 1.165) is 16.7 Å². The molecule has 1 amide bonds. The van der Waals surface area contributed by atoms with Crippen molar-refractivity contribution >= 4 is 27.5 Å². The first-order valence-electron chi connectivity index (χ1n) is 11.0. The molecule has 0 unspecified atom stereocenters. The summed E-state index contributed by atoms with van der Waals surface area (Å²) in [5.41, 5.74) is 3.12. The Kier molecular flexibility index (Phi) is 7.17. The molecule has 1 aliphatic rings. The van der Waals surface area contributed by atoms with E-state index in [2.05, 4.69) is 5.32 Å². The molecule has 1 N–H and O–H groups in total. The summed E-state index contributed by atoms with van der Waals surface area (Å²) in [7, 11) is -3.69. The van der Waals surface area contributed by atoms with E-state index in [1.165, 1.54) is 16.4 Å². The number of carbonyl (C=O) groups excluding carboxylic acids is 1. The number of hydrogen-bond acceptors (Lipinski definition) is 3. The van der Waals surface area contributed by atoms with Crippen molar-refractivity contribution in [2.24, 2.45) is 5.92 Å². The Morgan fingerprint density at radius 1 is 0.970 bits per heavy atom. The number of sulfonamides is 1. The van der Waals surface area contributed by atoms with Crippen LogP contribution in [0.1, 0.15) is 35.6 Å². The first kappa shape index (κ1) is 23.5. The van der Waals surface area contributed by atoms with Gasteiger partial charge in [-0.1, -0.05) is 71.8 Å². The lowest BCUT2D eigenvalue weighted by Gasteiger charge is -2.32. The van der Waals surface area contributed by atoms with E-state index >= 15 is 0 Å². The van der Waals surface area contributed by atoms with Gasteiger partial charge in [0, 0.05) is 18.1 Å². The van der Waals surface area contributed by atoms with Crippen LogP contribution in [0.15, 0.2) is 83.8 Å². The van der Waals surface area contributed by atoms with E-state index < -0.39 is 15.9 Å². The van der Waals surface area contributed by atoms with Gasteiger partial charge in [-0.2, -0.15) is 4.31 Å². The number of amides is 1. The molecular formula is C26H27ClN2O3S. The second-order valence-electron chi connectivity index (χ2n) is 8.42. The Morgan fingerprint density at radius 3 is 2.27 bits per heavy atom. The molecule has 1 saturated heterocycles. The van der Waals surface area contributed by atoms with Crippen LogP contribution in [0.4, 0.5) is 0 Å². The average Bonchev–Trinajstić information content (AvgIpc) is 2.84. The third-order valence-electron chi connectivity index (χ3n) is 6.04. The number of hydrogen-bond donors (Lipinski definition) is 1. The molecular weight excluding hydrogens is 456 g/mol. The molecule has 3 aromatic carbocycles. The SMILES string of the molecule is Cc1ccc([C@@H](NC(=O)[C@H]2CCCN(S(=O)(=O)c3ccc(Cl)cc3)C2)c2ccccc2)cc1. The second kappa shape index (κ2) is 10.1. The predicted octanol–water partition coefficient (Wildman–Crippen LogP) is 4.95. The first-order chi connectivity index (χ1) is 15.8. The molecule has 1 fully saturated rings. The Balaban J connectivity index is 1.53. The number of benzene rings is 3. The Hall–Kier alpha value is -2.67. The van der Waals surface area contributed by atoms with Gasteiger partial charge >= 0.3 is 0 Å². The number of rotatable bonds is 6. The zero-order valence-corrected chi connectivity index (χ0v) is 20.0. The third kappa shape index (κ3) is 5.46. The minimum atomic E-state index is -3.69. The summed E-state index contributed by atoms with van der Waals surface area (Å²) < 4.78 is 27.6. The normalized spacial score (nSPS) is 17.9. The van der Waals surface area contributed by atoms with Crippen LogP contribution in [-0.4, -0.2) is 31.7 Å². The summed E-state index contributed by atoms with van der Waals surface area (Å²) in [6.07, 6.45) is 1.28. The number of piperidine rings is 1. The molecule has 3 aromatic rings. The summed E-state index contributed by atoms with van der Waals surface area (Å²) in [6.45, 7) is 2.58. The molecule has 2 atom stereocenters. The van der Waals surface area contributed by atoms with Crippen molar-refractivity contribution in [2.75, 3.05) is 13.1 Å². The molecule has 172 valence electrons. The maximum atomic E-state index is 13.3. The molecule has 0 aliphatic carbocycles. The first-order valence-corrected chi connectivity index (χ1v) is 12.8. The maximum absolute atomic E-state index is 13.3. The van der Waals surface area contributed by atoms with Gasteiger partial charge in [-0.05, 0) is 55.2 Å². The van der Waals surface area contributed by atoms with Crippen LogP contribution in [0.2, 0.25) is 5.02 Å². The zero-order valence-electron chi connectivity index (χ0n) is 18.4. The molecule has 0 saturated carbocycles. The lowest BCUT2D eigenvalue weighted by molar-refractivity contribution is -0.126.